The average Bonchev–Trinajstić information content (AvgIpc) is 3.80. The molecule has 10 aromatic rings. The fourth-order valence-corrected chi connectivity index (χ4v) is 10.4. The minimum atomic E-state index is -0.406. The van der Waals surface area contributed by atoms with Crippen molar-refractivity contribution in [3.05, 3.63) is 216 Å². The lowest BCUT2D eigenvalue weighted by Crippen LogP contribution is -2.32. The quantitative estimate of drug-likeness (QED) is 0.180. The SMILES string of the molecule is c1ccc(-c2nc(-c3ccc(-c4ccc5c(c4)C4(c6ccccc6S5)c5ccccc5-c5ccccc54)cc3)cc(-c3ccc4c(c3)oc3ccccc34)n2)cc1. The molecule has 8 aromatic carbocycles. The first-order chi connectivity index (χ1) is 28.2. The summed E-state index contributed by atoms with van der Waals surface area (Å²) < 4.78 is 6.27. The molecule has 0 fully saturated rings. The Balaban J connectivity index is 0.976. The standard InChI is InChI=1S/C53H32N2OS/c1-2-12-35(13-3-1)52-54-46(32-47(55-52)37-26-28-41-40-16-6-10-20-48(40)56-49(41)31-37)34-24-22-33(23-25-34)36-27-29-51-45(30-36)53(44-19-9-11-21-50(44)57-51)42-17-7-4-14-38(42)39-15-5-8-18-43(39)53/h1-32H. The van der Waals surface area contributed by atoms with E-state index in [1.807, 2.05) is 48.2 Å². The average molecular weight is 745 g/mol. The molecule has 0 saturated carbocycles. The molecule has 266 valence electrons. The molecule has 0 atom stereocenters. The van der Waals surface area contributed by atoms with Crippen molar-refractivity contribution in [1.29, 1.82) is 0 Å². The van der Waals surface area contributed by atoms with E-state index in [0.29, 0.717) is 5.82 Å². The van der Waals surface area contributed by atoms with Crippen LogP contribution in [0.25, 0.3) is 78.1 Å². The van der Waals surface area contributed by atoms with Crippen LogP contribution in [0.3, 0.4) is 0 Å². The molecule has 1 aliphatic heterocycles. The molecule has 0 bridgehead atoms. The lowest BCUT2D eigenvalue weighted by Gasteiger charge is -2.40. The van der Waals surface area contributed by atoms with E-state index in [1.165, 1.54) is 48.7 Å². The van der Waals surface area contributed by atoms with Crippen LogP contribution in [0.5, 0.6) is 0 Å². The van der Waals surface area contributed by atoms with Crippen molar-refractivity contribution in [2.45, 2.75) is 15.2 Å². The van der Waals surface area contributed by atoms with E-state index in [1.54, 1.807) is 0 Å². The number of aromatic nitrogens is 2. The van der Waals surface area contributed by atoms with E-state index in [-0.39, 0.29) is 0 Å². The van der Waals surface area contributed by atoms with Crippen molar-refractivity contribution in [1.82, 2.24) is 9.97 Å². The van der Waals surface area contributed by atoms with Gasteiger partial charge >= 0.3 is 0 Å². The third-order valence-electron chi connectivity index (χ3n) is 11.8. The number of furan rings is 1. The van der Waals surface area contributed by atoms with Gasteiger partial charge < -0.3 is 4.42 Å². The highest BCUT2D eigenvalue weighted by Gasteiger charge is 2.50. The summed E-state index contributed by atoms with van der Waals surface area (Å²) >= 11 is 1.88. The molecule has 0 radical (unpaired) electrons. The highest BCUT2D eigenvalue weighted by Crippen LogP contribution is 2.62. The number of benzene rings is 8. The summed E-state index contributed by atoms with van der Waals surface area (Å²) in [7, 11) is 0. The van der Waals surface area contributed by atoms with Crippen LogP contribution < -0.4 is 0 Å². The predicted octanol–water partition coefficient (Wildman–Crippen LogP) is 13.9. The maximum absolute atomic E-state index is 6.27. The number of para-hydroxylation sites is 1. The Morgan fingerprint density at radius 3 is 1.74 bits per heavy atom. The Morgan fingerprint density at radius 2 is 0.947 bits per heavy atom. The number of hydrogen-bond acceptors (Lipinski definition) is 4. The van der Waals surface area contributed by atoms with Gasteiger partial charge in [-0.25, -0.2) is 9.97 Å². The molecule has 2 aliphatic rings. The largest absolute Gasteiger partial charge is 0.456 e. The molecular formula is C53H32N2OS. The van der Waals surface area contributed by atoms with E-state index < -0.39 is 5.41 Å². The van der Waals surface area contributed by atoms with Gasteiger partial charge in [0.2, 0.25) is 0 Å². The van der Waals surface area contributed by atoms with Gasteiger partial charge in [-0.05, 0) is 87.0 Å². The lowest BCUT2D eigenvalue weighted by molar-refractivity contribution is 0.669. The van der Waals surface area contributed by atoms with Gasteiger partial charge in [0, 0.05) is 37.3 Å². The molecule has 3 heterocycles. The molecule has 2 aromatic heterocycles. The van der Waals surface area contributed by atoms with Gasteiger partial charge in [0.05, 0.1) is 16.8 Å². The summed E-state index contributed by atoms with van der Waals surface area (Å²) in [6.07, 6.45) is 0. The second-order valence-corrected chi connectivity index (χ2v) is 15.9. The number of nitrogens with zero attached hydrogens (tertiary/aromatic N) is 2. The molecule has 12 rings (SSSR count). The van der Waals surface area contributed by atoms with Crippen LogP contribution in [0, 0.1) is 0 Å². The van der Waals surface area contributed by atoms with Gasteiger partial charge in [0.15, 0.2) is 5.82 Å². The van der Waals surface area contributed by atoms with Gasteiger partial charge in [-0.1, -0.05) is 163 Å². The highest BCUT2D eigenvalue weighted by molar-refractivity contribution is 7.99. The van der Waals surface area contributed by atoms with E-state index in [9.17, 15) is 0 Å². The fourth-order valence-electron chi connectivity index (χ4n) is 9.21. The zero-order valence-electron chi connectivity index (χ0n) is 30.7. The second kappa shape index (κ2) is 12.5. The fraction of sp³-hybridized carbons (Fsp3) is 0.0189. The number of hydrogen-bond donors (Lipinski definition) is 0. The summed E-state index contributed by atoms with van der Waals surface area (Å²) in [5, 5.41) is 2.21. The van der Waals surface area contributed by atoms with Crippen molar-refractivity contribution >= 4 is 33.7 Å². The molecule has 3 nitrogen and oxygen atoms in total. The minimum absolute atomic E-state index is 0.406. The molecule has 57 heavy (non-hydrogen) atoms. The molecule has 0 amide bonds. The van der Waals surface area contributed by atoms with Crippen molar-refractivity contribution in [2.24, 2.45) is 0 Å². The molecule has 0 saturated heterocycles. The molecular weight excluding hydrogens is 713 g/mol. The maximum Gasteiger partial charge on any atom is 0.160 e. The first kappa shape index (κ1) is 32.3. The van der Waals surface area contributed by atoms with Crippen molar-refractivity contribution in [3.63, 3.8) is 0 Å². The Hall–Kier alpha value is -7.01. The summed E-state index contributed by atoms with van der Waals surface area (Å²) in [6.45, 7) is 0. The maximum atomic E-state index is 6.27. The van der Waals surface area contributed by atoms with Crippen LogP contribution in [0.1, 0.15) is 22.3 Å². The van der Waals surface area contributed by atoms with Gasteiger partial charge in [-0.15, -0.1) is 0 Å². The van der Waals surface area contributed by atoms with E-state index in [4.69, 9.17) is 14.4 Å². The summed E-state index contributed by atoms with van der Waals surface area (Å²) in [5.74, 6) is 0.687. The highest BCUT2D eigenvalue weighted by atomic mass is 32.2. The minimum Gasteiger partial charge on any atom is -0.456 e. The van der Waals surface area contributed by atoms with Crippen LogP contribution >= 0.6 is 11.8 Å². The Morgan fingerprint density at radius 1 is 0.368 bits per heavy atom. The van der Waals surface area contributed by atoms with Gasteiger partial charge in [0.25, 0.3) is 0 Å². The van der Waals surface area contributed by atoms with Crippen LogP contribution in [0.4, 0.5) is 0 Å². The van der Waals surface area contributed by atoms with Crippen molar-refractivity contribution in [3.8, 4) is 56.2 Å². The summed E-state index contributed by atoms with van der Waals surface area (Å²) in [6, 6.07) is 69.7. The van der Waals surface area contributed by atoms with E-state index in [2.05, 4.69) is 158 Å². The molecule has 0 N–H and O–H groups in total. The van der Waals surface area contributed by atoms with Gasteiger partial charge in [0.1, 0.15) is 11.2 Å². The predicted molar refractivity (Wildman–Crippen MR) is 232 cm³/mol. The summed E-state index contributed by atoms with van der Waals surface area (Å²) in [5.41, 5.74) is 16.4. The van der Waals surface area contributed by atoms with Crippen LogP contribution in [-0.2, 0) is 5.41 Å². The third-order valence-corrected chi connectivity index (χ3v) is 12.9. The summed E-state index contributed by atoms with van der Waals surface area (Å²) in [4.78, 5) is 12.8. The number of rotatable bonds is 4. The molecule has 4 heteroatoms. The van der Waals surface area contributed by atoms with Crippen molar-refractivity contribution in [2.75, 3.05) is 0 Å². The molecule has 1 spiro atoms. The zero-order chi connectivity index (χ0) is 37.5. The zero-order valence-corrected chi connectivity index (χ0v) is 31.5. The normalized spacial score (nSPS) is 13.3. The topological polar surface area (TPSA) is 38.9 Å². The first-order valence-corrected chi connectivity index (χ1v) is 20.1. The third kappa shape index (κ3) is 4.87. The van der Waals surface area contributed by atoms with Crippen LogP contribution in [0.15, 0.2) is 208 Å². The van der Waals surface area contributed by atoms with Gasteiger partial charge in [-0.2, -0.15) is 0 Å². The first-order valence-electron chi connectivity index (χ1n) is 19.3. The Bertz CT molecular complexity index is 3170. The van der Waals surface area contributed by atoms with Crippen LogP contribution in [-0.4, -0.2) is 9.97 Å². The Labute approximate surface area is 334 Å². The lowest BCUT2D eigenvalue weighted by atomic mass is 9.67. The van der Waals surface area contributed by atoms with E-state index in [0.717, 1.165) is 55.6 Å². The van der Waals surface area contributed by atoms with Crippen molar-refractivity contribution < 1.29 is 4.42 Å². The van der Waals surface area contributed by atoms with Gasteiger partial charge in [-0.3, -0.25) is 0 Å². The van der Waals surface area contributed by atoms with Crippen LogP contribution in [0.2, 0.25) is 0 Å². The number of fused-ring (bicyclic) bond motifs is 12. The smallest absolute Gasteiger partial charge is 0.160 e. The monoisotopic (exact) mass is 744 g/mol. The molecule has 0 unspecified atom stereocenters. The van der Waals surface area contributed by atoms with E-state index >= 15 is 0 Å². The second-order valence-electron chi connectivity index (χ2n) is 14.9. The molecule has 1 aliphatic carbocycles. The Kier molecular flexibility index (Phi) is 7.08.